The van der Waals surface area contributed by atoms with Crippen molar-refractivity contribution in [2.24, 2.45) is 0 Å². The van der Waals surface area contributed by atoms with E-state index in [2.05, 4.69) is 15.0 Å². The van der Waals surface area contributed by atoms with Gasteiger partial charge in [-0.15, -0.1) is 0 Å². The van der Waals surface area contributed by atoms with E-state index < -0.39 is 12.8 Å². The molecule has 0 unspecified atom stereocenters. The van der Waals surface area contributed by atoms with Crippen molar-refractivity contribution in [2.75, 3.05) is 30.8 Å². The molecule has 0 saturated carbocycles. The molecule has 0 radical (unpaired) electrons. The quantitative estimate of drug-likeness (QED) is 0.783. The van der Waals surface area contributed by atoms with Crippen LogP contribution >= 0.6 is 0 Å². The summed E-state index contributed by atoms with van der Waals surface area (Å²) in [6.07, 6.45) is -4.28. The van der Waals surface area contributed by atoms with Gasteiger partial charge in [0.2, 0.25) is 0 Å². The molecule has 0 aromatic carbocycles. The summed E-state index contributed by atoms with van der Waals surface area (Å²) >= 11 is 0. The van der Waals surface area contributed by atoms with Gasteiger partial charge in [0.1, 0.15) is 12.4 Å². The summed E-state index contributed by atoms with van der Waals surface area (Å²) in [6.45, 7) is 0.737. The van der Waals surface area contributed by atoms with Gasteiger partial charge in [-0.25, -0.2) is 4.98 Å². The van der Waals surface area contributed by atoms with Crippen LogP contribution in [0.5, 0.6) is 0 Å². The van der Waals surface area contributed by atoms with Crippen LogP contribution in [0.3, 0.4) is 0 Å². The van der Waals surface area contributed by atoms with E-state index in [1.54, 1.807) is 19.1 Å². The van der Waals surface area contributed by atoms with E-state index in [1.165, 1.54) is 0 Å². The standard InChI is InChI=1S/C10H14F3N3O/c1-7-8(14)2-3-9(16-7)15-4-5-17-6-10(11,12)13/h2-3H,4-6,14H2,1H3,(H,15,16). The predicted octanol–water partition coefficient (Wildman–Crippen LogP) is 1.96. The first-order valence-electron chi connectivity index (χ1n) is 5.00. The van der Waals surface area contributed by atoms with Gasteiger partial charge in [0.25, 0.3) is 0 Å². The fourth-order valence-electron chi connectivity index (χ4n) is 1.11. The highest BCUT2D eigenvalue weighted by atomic mass is 19.4. The zero-order valence-corrected chi connectivity index (χ0v) is 9.34. The summed E-state index contributed by atoms with van der Waals surface area (Å²) < 4.78 is 39.6. The fourth-order valence-corrected chi connectivity index (χ4v) is 1.11. The van der Waals surface area contributed by atoms with Crippen molar-refractivity contribution in [2.45, 2.75) is 13.1 Å². The van der Waals surface area contributed by atoms with Gasteiger partial charge in [-0.3, -0.25) is 0 Å². The number of alkyl halides is 3. The summed E-state index contributed by atoms with van der Waals surface area (Å²) in [4.78, 5) is 4.11. The Bertz CT molecular complexity index is 368. The topological polar surface area (TPSA) is 60.2 Å². The van der Waals surface area contributed by atoms with E-state index in [0.717, 1.165) is 0 Å². The van der Waals surface area contributed by atoms with Gasteiger partial charge < -0.3 is 15.8 Å². The number of ether oxygens (including phenoxy) is 1. The first kappa shape index (κ1) is 13.6. The highest BCUT2D eigenvalue weighted by molar-refractivity contribution is 5.48. The maximum atomic E-state index is 11.7. The van der Waals surface area contributed by atoms with Gasteiger partial charge in [-0.1, -0.05) is 0 Å². The van der Waals surface area contributed by atoms with E-state index in [9.17, 15) is 13.2 Å². The molecular weight excluding hydrogens is 235 g/mol. The molecule has 1 rings (SSSR count). The maximum Gasteiger partial charge on any atom is 0.411 e. The van der Waals surface area contributed by atoms with Crippen LogP contribution < -0.4 is 11.1 Å². The third-order valence-electron chi connectivity index (χ3n) is 1.94. The van der Waals surface area contributed by atoms with E-state index >= 15 is 0 Å². The van der Waals surface area contributed by atoms with Crippen molar-refractivity contribution in [3.63, 3.8) is 0 Å². The molecule has 1 aromatic rings. The van der Waals surface area contributed by atoms with Crippen molar-refractivity contribution in [3.05, 3.63) is 17.8 Å². The smallest absolute Gasteiger partial charge is 0.397 e. The zero-order chi connectivity index (χ0) is 12.9. The average molecular weight is 249 g/mol. The summed E-state index contributed by atoms with van der Waals surface area (Å²) in [5, 5.41) is 2.84. The van der Waals surface area contributed by atoms with Crippen LogP contribution in [0.15, 0.2) is 12.1 Å². The predicted molar refractivity (Wildman–Crippen MR) is 58.8 cm³/mol. The molecule has 0 aliphatic heterocycles. The second kappa shape index (κ2) is 5.72. The molecule has 0 aliphatic rings. The largest absolute Gasteiger partial charge is 0.411 e. The lowest BCUT2D eigenvalue weighted by atomic mass is 10.3. The van der Waals surface area contributed by atoms with Crippen LogP contribution in [0.4, 0.5) is 24.7 Å². The van der Waals surface area contributed by atoms with E-state index in [-0.39, 0.29) is 13.2 Å². The molecule has 4 nitrogen and oxygen atoms in total. The van der Waals surface area contributed by atoms with Crippen LogP contribution in [0.2, 0.25) is 0 Å². The van der Waals surface area contributed by atoms with Gasteiger partial charge in [0, 0.05) is 6.54 Å². The van der Waals surface area contributed by atoms with Crippen LogP contribution in [0.25, 0.3) is 0 Å². The Balaban J connectivity index is 2.25. The van der Waals surface area contributed by atoms with Gasteiger partial charge in [-0.05, 0) is 19.1 Å². The Morgan fingerprint density at radius 2 is 2.12 bits per heavy atom. The lowest BCUT2D eigenvalue weighted by Crippen LogP contribution is -2.20. The molecule has 0 saturated heterocycles. The first-order valence-corrected chi connectivity index (χ1v) is 5.00. The van der Waals surface area contributed by atoms with Crippen LogP contribution in [-0.4, -0.2) is 30.9 Å². The number of nitrogens with one attached hydrogen (secondary N) is 1. The fraction of sp³-hybridized carbons (Fsp3) is 0.500. The molecular formula is C10H14F3N3O. The first-order chi connectivity index (χ1) is 7.88. The van der Waals surface area contributed by atoms with E-state index in [1.807, 2.05) is 0 Å². The molecule has 0 fully saturated rings. The van der Waals surface area contributed by atoms with Gasteiger partial charge >= 0.3 is 6.18 Å². The van der Waals surface area contributed by atoms with Gasteiger partial charge in [0.15, 0.2) is 0 Å². The maximum absolute atomic E-state index is 11.7. The number of rotatable bonds is 5. The second-order valence-corrected chi connectivity index (χ2v) is 3.47. The van der Waals surface area contributed by atoms with E-state index in [4.69, 9.17) is 5.73 Å². The number of halogens is 3. The number of aryl methyl sites for hydroxylation is 1. The number of hydrogen-bond acceptors (Lipinski definition) is 4. The molecule has 3 N–H and O–H groups in total. The third kappa shape index (κ3) is 5.39. The zero-order valence-electron chi connectivity index (χ0n) is 9.34. The van der Waals surface area contributed by atoms with Crippen molar-refractivity contribution < 1.29 is 17.9 Å². The number of nitrogens with two attached hydrogens (primary N) is 1. The monoisotopic (exact) mass is 249 g/mol. The molecule has 0 amide bonds. The Morgan fingerprint density at radius 3 is 2.71 bits per heavy atom. The van der Waals surface area contributed by atoms with Crippen molar-refractivity contribution in [1.82, 2.24) is 4.98 Å². The number of nitrogen functional groups attached to an aromatic ring is 1. The molecule has 1 aromatic heterocycles. The number of hydrogen-bond donors (Lipinski definition) is 2. The Hall–Kier alpha value is -1.50. The second-order valence-electron chi connectivity index (χ2n) is 3.47. The number of anilines is 2. The molecule has 0 spiro atoms. The Labute approximate surface area is 97.0 Å². The normalized spacial score (nSPS) is 11.5. The third-order valence-corrected chi connectivity index (χ3v) is 1.94. The lowest BCUT2D eigenvalue weighted by molar-refractivity contribution is -0.172. The molecule has 0 aliphatic carbocycles. The Morgan fingerprint density at radius 1 is 1.41 bits per heavy atom. The Kier molecular flexibility index (Phi) is 4.56. The molecule has 0 bridgehead atoms. The highest BCUT2D eigenvalue weighted by Crippen LogP contribution is 2.14. The number of pyridine rings is 1. The minimum absolute atomic E-state index is 0.0371. The molecule has 7 heteroatoms. The van der Waals surface area contributed by atoms with Gasteiger partial charge in [0.05, 0.1) is 18.0 Å². The van der Waals surface area contributed by atoms with E-state index in [0.29, 0.717) is 17.2 Å². The summed E-state index contributed by atoms with van der Waals surface area (Å²) in [6, 6.07) is 3.34. The SMILES string of the molecule is Cc1nc(NCCOCC(F)(F)F)ccc1N. The molecule has 17 heavy (non-hydrogen) atoms. The van der Waals surface area contributed by atoms with Crippen LogP contribution in [0, 0.1) is 6.92 Å². The van der Waals surface area contributed by atoms with Crippen LogP contribution in [-0.2, 0) is 4.74 Å². The average Bonchev–Trinajstić information content (AvgIpc) is 2.21. The minimum atomic E-state index is -4.28. The number of nitrogens with zero attached hydrogens (tertiary/aromatic N) is 1. The molecule has 96 valence electrons. The number of aromatic nitrogens is 1. The van der Waals surface area contributed by atoms with Gasteiger partial charge in [-0.2, -0.15) is 13.2 Å². The molecule has 0 atom stereocenters. The van der Waals surface area contributed by atoms with Crippen LogP contribution in [0.1, 0.15) is 5.69 Å². The van der Waals surface area contributed by atoms with Crippen molar-refractivity contribution in [3.8, 4) is 0 Å². The highest BCUT2D eigenvalue weighted by Gasteiger charge is 2.27. The van der Waals surface area contributed by atoms with Crippen molar-refractivity contribution in [1.29, 1.82) is 0 Å². The lowest BCUT2D eigenvalue weighted by Gasteiger charge is -2.09. The summed E-state index contributed by atoms with van der Waals surface area (Å²) in [5.74, 6) is 0.562. The van der Waals surface area contributed by atoms with Crippen molar-refractivity contribution >= 4 is 11.5 Å². The summed E-state index contributed by atoms with van der Waals surface area (Å²) in [7, 11) is 0. The minimum Gasteiger partial charge on any atom is -0.397 e. The summed E-state index contributed by atoms with van der Waals surface area (Å²) in [5.41, 5.74) is 6.82. The molecule has 1 heterocycles.